The minimum absolute atomic E-state index is 0.151. The summed E-state index contributed by atoms with van der Waals surface area (Å²) < 4.78 is 10.0. The van der Waals surface area contributed by atoms with Crippen molar-refractivity contribution in [1.82, 2.24) is 5.32 Å². The second-order valence-corrected chi connectivity index (χ2v) is 4.40. The summed E-state index contributed by atoms with van der Waals surface area (Å²) in [5, 5.41) is 19.9. The van der Waals surface area contributed by atoms with Crippen molar-refractivity contribution in [2.45, 2.75) is 18.9 Å². The summed E-state index contributed by atoms with van der Waals surface area (Å²) >= 11 is 0. The van der Waals surface area contributed by atoms with Gasteiger partial charge in [-0.3, -0.25) is 9.59 Å². The van der Waals surface area contributed by atoms with Gasteiger partial charge in [-0.2, -0.15) is 0 Å². The molecule has 0 spiro atoms. The number of hydrogen-bond donors (Lipinski definition) is 3. The van der Waals surface area contributed by atoms with Crippen molar-refractivity contribution in [3.05, 3.63) is 23.8 Å². The second kappa shape index (κ2) is 7.87. The van der Waals surface area contributed by atoms with Crippen molar-refractivity contribution < 1.29 is 34.1 Å². The molecule has 0 aliphatic heterocycles. The van der Waals surface area contributed by atoms with Crippen molar-refractivity contribution in [1.29, 1.82) is 0 Å². The normalized spacial score (nSPS) is 11.4. The molecule has 1 aromatic rings. The predicted octanol–water partition coefficient (Wildman–Crippen LogP) is 0.752. The lowest BCUT2D eigenvalue weighted by Gasteiger charge is -2.14. The Balaban J connectivity index is 2.89. The molecular weight excluding hydrogens is 294 g/mol. The van der Waals surface area contributed by atoms with E-state index in [4.69, 9.17) is 19.7 Å². The number of hydrogen-bond acceptors (Lipinski definition) is 5. The van der Waals surface area contributed by atoms with Crippen LogP contribution in [0.25, 0.3) is 0 Å². The van der Waals surface area contributed by atoms with Gasteiger partial charge in [0.05, 0.1) is 14.2 Å². The number of carbonyl (C=O) groups is 3. The zero-order valence-corrected chi connectivity index (χ0v) is 12.2. The largest absolute Gasteiger partial charge is 0.497 e. The van der Waals surface area contributed by atoms with Crippen LogP contribution in [0.3, 0.4) is 0 Å². The van der Waals surface area contributed by atoms with Crippen LogP contribution >= 0.6 is 0 Å². The lowest BCUT2D eigenvalue weighted by atomic mass is 10.1. The minimum atomic E-state index is -1.30. The molecule has 0 heterocycles. The van der Waals surface area contributed by atoms with Crippen LogP contribution in [-0.4, -0.2) is 48.3 Å². The molecule has 0 radical (unpaired) electrons. The third-order valence-corrected chi connectivity index (χ3v) is 2.86. The van der Waals surface area contributed by atoms with Gasteiger partial charge in [0, 0.05) is 18.1 Å². The highest BCUT2D eigenvalue weighted by Gasteiger charge is 2.22. The lowest BCUT2D eigenvalue weighted by molar-refractivity contribution is -0.140. The van der Waals surface area contributed by atoms with Crippen LogP contribution in [0.5, 0.6) is 11.5 Å². The molecule has 1 atom stereocenters. The Labute approximate surface area is 126 Å². The lowest BCUT2D eigenvalue weighted by Crippen LogP contribution is -2.41. The number of carbonyl (C=O) groups excluding carboxylic acids is 1. The fourth-order valence-corrected chi connectivity index (χ4v) is 1.71. The highest BCUT2D eigenvalue weighted by molar-refractivity contribution is 5.97. The second-order valence-electron chi connectivity index (χ2n) is 4.40. The number of nitrogens with one attached hydrogen (secondary N) is 1. The molecule has 0 saturated carbocycles. The predicted molar refractivity (Wildman–Crippen MR) is 75.3 cm³/mol. The number of methoxy groups -OCH3 is 2. The quantitative estimate of drug-likeness (QED) is 0.647. The van der Waals surface area contributed by atoms with E-state index in [1.54, 1.807) is 6.07 Å². The van der Waals surface area contributed by atoms with E-state index in [2.05, 4.69) is 5.32 Å². The van der Waals surface area contributed by atoms with Gasteiger partial charge in [0.15, 0.2) is 0 Å². The maximum atomic E-state index is 12.1. The first kappa shape index (κ1) is 17.3. The van der Waals surface area contributed by atoms with Crippen LogP contribution in [0.4, 0.5) is 0 Å². The Morgan fingerprint density at radius 2 is 1.64 bits per heavy atom. The number of carboxylic acids is 2. The molecular formula is C14H17NO7. The van der Waals surface area contributed by atoms with Crippen molar-refractivity contribution in [3.8, 4) is 11.5 Å². The molecule has 1 amide bonds. The van der Waals surface area contributed by atoms with Gasteiger partial charge in [0.1, 0.15) is 17.5 Å². The standard InChI is InChI=1S/C14H17NO7/c1-21-9-5-8(6-10(7-9)22-2)13(18)15-11(14(19)20)3-4-12(16)17/h5-7,11H,3-4H2,1-2H3,(H,15,18)(H,16,17)(H,19,20). The Hall–Kier alpha value is -2.77. The van der Waals surface area contributed by atoms with Gasteiger partial charge in [0.2, 0.25) is 0 Å². The van der Waals surface area contributed by atoms with E-state index in [9.17, 15) is 14.4 Å². The average Bonchev–Trinajstić information content (AvgIpc) is 2.49. The van der Waals surface area contributed by atoms with E-state index in [1.807, 2.05) is 0 Å². The summed E-state index contributed by atoms with van der Waals surface area (Å²) in [4.78, 5) is 33.7. The van der Waals surface area contributed by atoms with Gasteiger partial charge in [-0.05, 0) is 18.6 Å². The summed E-state index contributed by atoms with van der Waals surface area (Å²) in [6.45, 7) is 0. The van der Waals surface area contributed by atoms with Crippen molar-refractivity contribution >= 4 is 17.8 Å². The van der Waals surface area contributed by atoms with Gasteiger partial charge < -0.3 is 25.0 Å². The summed E-state index contributed by atoms with van der Waals surface area (Å²) in [6.07, 6.45) is -0.573. The highest BCUT2D eigenvalue weighted by Crippen LogP contribution is 2.22. The first-order valence-electron chi connectivity index (χ1n) is 6.36. The van der Waals surface area contributed by atoms with Gasteiger partial charge in [-0.15, -0.1) is 0 Å². The Morgan fingerprint density at radius 3 is 2.05 bits per heavy atom. The number of aliphatic carboxylic acids is 2. The molecule has 8 nitrogen and oxygen atoms in total. The third kappa shape index (κ3) is 4.97. The topological polar surface area (TPSA) is 122 Å². The summed E-state index contributed by atoms with van der Waals surface area (Å²) in [6, 6.07) is 3.12. The highest BCUT2D eigenvalue weighted by atomic mass is 16.5. The molecule has 1 unspecified atom stereocenters. The van der Waals surface area contributed by atoms with Crippen LogP contribution in [0.2, 0.25) is 0 Å². The maximum Gasteiger partial charge on any atom is 0.326 e. The fraction of sp³-hybridized carbons (Fsp3) is 0.357. The summed E-state index contributed by atoms with van der Waals surface area (Å²) in [5.41, 5.74) is 0.151. The van der Waals surface area contributed by atoms with Gasteiger partial charge in [0.25, 0.3) is 5.91 Å². The maximum absolute atomic E-state index is 12.1. The molecule has 3 N–H and O–H groups in total. The molecule has 0 saturated heterocycles. The van der Waals surface area contributed by atoms with Gasteiger partial charge in [-0.25, -0.2) is 4.79 Å². The molecule has 22 heavy (non-hydrogen) atoms. The number of rotatable bonds is 8. The SMILES string of the molecule is COc1cc(OC)cc(C(=O)NC(CCC(=O)O)C(=O)O)c1. The molecule has 1 aromatic carbocycles. The van der Waals surface area contributed by atoms with Crippen molar-refractivity contribution in [2.75, 3.05) is 14.2 Å². The van der Waals surface area contributed by atoms with Gasteiger partial charge in [-0.1, -0.05) is 0 Å². The van der Waals surface area contributed by atoms with Crippen molar-refractivity contribution in [2.24, 2.45) is 0 Å². The summed E-state index contributed by atoms with van der Waals surface area (Å²) in [5.74, 6) is -2.34. The zero-order valence-electron chi connectivity index (χ0n) is 12.2. The van der Waals surface area contributed by atoms with E-state index in [0.29, 0.717) is 11.5 Å². The Morgan fingerprint density at radius 1 is 1.09 bits per heavy atom. The first-order chi connectivity index (χ1) is 10.4. The molecule has 120 valence electrons. The molecule has 8 heteroatoms. The average molecular weight is 311 g/mol. The minimum Gasteiger partial charge on any atom is -0.497 e. The number of benzene rings is 1. The third-order valence-electron chi connectivity index (χ3n) is 2.86. The molecule has 0 aliphatic carbocycles. The van der Waals surface area contributed by atoms with E-state index >= 15 is 0 Å². The van der Waals surface area contributed by atoms with Crippen LogP contribution in [0.15, 0.2) is 18.2 Å². The molecule has 0 aromatic heterocycles. The molecule has 0 aliphatic rings. The zero-order chi connectivity index (χ0) is 16.7. The van der Waals surface area contributed by atoms with Crippen LogP contribution in [0, 0.1) is 0 Å². The monoisotopic (exact) mass is 311 g/mol. The van der Waals surface area contributed by atoms with E-state index in [-0.39, 0.29) is 18.4 Å². The number of amides is 1. The van der Waals surface area contributed by atoms with Crippen LogP contribution in [0.1, 0.15) is 23.2 Å². The Kier molecular flexibility index (Phi) is 6.18. The number of ether oxygens (including phenoxy) is 2. The Bertz CT molecular complexity index is 548. The smallest absolute Gasteiger partial charge is 0.326 e. The van der Waals surface area contributed by atoms with E-state index < -0.39 is 23.9 Å². The fourth-order valence-electron chi connectivity index (χ4n) is 1.71. The van der Waals surface area contributed by atoms with Crippen molar-refractivity contribution in [3.63, 3.8) is 0 Å². The van der Waals surface area contributed by atoms with Gasteiger partial charge >= 0.3 is 11.9 Å². The van der Waals surface area contributed by atoms with E-state index in [1.165, 1.54) is 26.4 Å². The molecule has 0 bridgehead atoms. The van der Waals surface area contributed by atoms with Crippen LogP contribution < -0.4 is 14.8 Å². The number of carboxylic acid groups (broad SMARTS) is 2. The summed E-state index contributed by atoms with van der Waals surface area (Å²) in [7, 11) is 2.84. The van der Waals surface area contributed by atoms with Crippen LogP contribution in [-0.2, 0) is 9.59 Å². The van der Waals surface area contributed by atoms with E-state index in [0.717, 1.165) is 0 Å². The molecule has 1 rings (SSSR count). The first-order valence-corrected chi connectivity index (χ1v) is 6.36. The molecule has 0 fully saturated rings.